The lowest BCUT2D eigenvalue weighted by molar-refractivity contribution is 0.669. The SMILES string of the molecule is c1ccc(-c2cccc(-c3ccccc3)c2N(c2ccc3c(c2)oc2ccccc23)c2ccc3ccccc3c2-c2ccccc2)cc1. The minimum absolute atomic E-state index is 0.860. The molecule has 0 atom stereocenters. The number of benzene rings is 8. The van der Waals surface area contributed by atoms with Crippen LogP contribution in [-0.2, 0) is 0 Å². The van der Waals surface area contributed by atoms with E-state index in [0.29, 0.717) is 0 Å². The molecule has 2 nitrogen and oxygen atoms in total. The molecular weight excluding hydrogens is 583 g/mol. The zero-order chi connectivity index (χ0) is 31.9. The summed E-state index contributed by atoms with van der Waals surface area (Å²) in [5, 5.41) is 4.63. The van der Waals surface area contributed by atoms with Crippen molar-refractivity contribution in [2.24, 2.45) is 0 Å². The van der Waals surface area contributed by atoms with Gasteiger partial charge in [-0.3, -0.25) is 0 Å². The number of fused-ring (bicyclic) bond motifs is 4. The zero-order valence-electron chi connectivity index (χ0n) is 26.3. The van der Waals surface area contributed by atoms with Crippen LogP contribution in [0.2, 0.25) is 0 Å². The number of anilines is 3. The molecule has 0 unspecified atom stereocenters. The Morgan fingerprint density at radius 2 is 0.938 bits per heavy atom. The molecule has 0 N–H and O–H groups in total. The standard InChI is InChI=1S/C46H31NO/c1-4-15-32(16-5-1)38-24-14-25-39(33-17-6-2-7-18-33)46(38)47(36-28-29-41-40-23-12-13-26-43(40)48-44(41)31-36)42-30-27-34-19-10-11-22-37(34)45(42)35-20-8-3-9-21-35/h1-31H. The maximum Gasteiger partial charge on any atom is 0.137 e. The first-order chi connectivity index (χ1) is 23.8. The Morgan fingerprint density at radius 1 is 0.375 bits per heavy atom. The first-order valence-corrected chi connectivity index (χ1v) is 16.4. The molecule has 48 heavy (non-hydrogen) atoms. The summed E-state index contributed by atoms with van der Waals surface area (Å²) in [6.07, 6.45) is 0. The van der Waals surface area contributed by atoms with Gasteiger partial charge in [0.15, 0.2) is 0 Å². The predicted molar refractivity (Wildman–Crippen MR) is 202 cm³/mol. The second-order valence-electron chi connectivity index (χ2n) is 12.1. The summed E-state index contributed by atoms with van der Waals surface area (Å²) < 4.78 is 6.50. The van der Waals surface area contributed by atoms with E-state index in [-0.39, 0.29) is 0 Å². The molecule has 0 saturated heterocycles. The summed E-state index contributed by atoms with van der Waals surface area (Å²) in [5.74, 6) is 0. The van der Waals surface area contributed by atoms with Crippen molar-refractivity contribution in [2.75, 3.05) is 4.90 Å². The Bertz CT molecular complexity index is 2490. The quantitative estimate of drug-likeness (QED) is 0.185. The lowest BCUT2D eigenvalue weighted by Gasteiger charge is -2.32. The summed E-state index contributed by atoms with van der Waals surface area (Å²) in [4.78, 5) is 2.45. The van der Waals surface area contributed by atoms with E-state index in [4.69, 9.17) is 4.42 Å². The molecule has 1 aromatic heterocycles. The molecule has 9 aromatic rings. The molecule has 0 fully saturated rings. The predicted octanol–water partition coefficient (Wildman–Crippen LogP) is 13.2. The number of furan rings is 1. The molecular formula is C46H31NO. The van der Waals surface area contributed by atoms with Gasteiger partial charge >= 0.3 is 0 Å². The van der Waals surface area contributed by atoms with E-state index < -0.39 is 0 Å². The Morgan fingerprint density at radius 3 is 1.62 bits per heavy atom. The number of hydrogen-bond acceptors (Lipinski definition) is 2. The van der Waals surface area contributed by atoms with Gasteiger partial charge in [0.1, 0.15) is 11.2 Å². The fourth-order valence-corrected chi connectivity index (χ4v) is 7.08. The van der Waals surface area contributed by atoms with E-state index >= 15 is 0 Å². The van der Waals surface area contributed by atoms with Gasteiger partial charge in [0, 0.05) is 39.2 Å². The van der Waals surface area contributed by atoms with Gasteiger partial charge in [-0.05, 0) is 51.7 Å². The third-order valence-corrected chi connectivity index (χ3v) is 9.26. The number of hydrogen-bond donors (Lipinski definition) is 0. The smallest absolute Gasteiger partial charge is 0.137 e. The van der Waals surface area contributed by atoms with Crippen molar-refractivity contribution in [1.82, 2.24) is 0 Å². The lowest BCUT2D eigenvalue weighted by Crippen LogP contribution is -2.14. The van der Waals surface area contributed by atoms with Crippen molar-refractivity contribution in [3.8, 4) is 33.4 Å². The molecule has 0 aliphatic heterocycles. The maximum absolute atomic E-state index is 6.50. The molecule has 0 spiro atoms. The van der Waals surface area contributed by atoms with E-state index in [1.807, 2.05) is 12.1 Å². The Hall–Kier alpha value is -6.38. The summed E-state index contributed by atoms with van der Waals surface area (Å²) >= 11 is 0. The van der Waals surface area contributed by atoms with Crippen molar-refractivity contribution >= 4 is 49.8 Å². The topological polar surface area (TPSA) is 16.4 Å². The number of nitrogens with zero attached hydrogens (tertiary/aromatic N) is 1. The first kappa shape index (κ1) is 27.9. The van der Waals surface area contributed by atoms with E-state index in [1.54, 1.807) is 0 Å². The lowest BCUT2D eigenvalue weighted by atomic mass is 9.91. The van der Waals surface area contributed by atoms with Crippen LogP contribution in [0.3, 0.4) is 0 Å². The van der Waals surface area contributed by atoms with Crippen LogP contribution < -0.4 is 4.90 Å². The summed E-state index contributed by atoms with van der Waals surface area (Å²) in [6.45, 7) is 0. The molecule has 0 bridgehead atoms. The van der Waals surface area contributed by atoms with Crippen LogP contribution in [0, 0.1) is 0 Å². The zero-order valence-corrected chi connectivity index (χ0v) is 26.3. The van der Waals surface area contributed by atoms with Gasteiger partial charge in [0.2, 0.25) is 0 Å². The largest absolute Gasteiger partial charge is 0.456 e. The highest BCUT2D eigenvalue weighted by Crippen LogP contribution is 2.51. The third-order valence-electron chi connectivity index (χ3n) is 9.26. The average Bonchev–Trinajstić information content (AvgIpc) is 3.54. The summed E-state index contributed by atoms with van der Waals surface area (Å²) in [7, 11) is 0. The van der Waals surface area contributed by atoms with Gasteiger partial charge in [-0.15, -0.1) is 0 Å². The van der Waals surface area contributed by atoms with Gasteiger partial charge in [-0.25, -0.2) is 0 Å². The molecule has 9 rings (SSSR count). The van der Waals surface area contributed by atoms with Gasteiger partial charge in [0.25, 0.3) is 0 Å². The minimum atomic E-state index is 0.860. The Kier molecular flexibility index (Phi) is 6.84. The van der Waals surface area contributed by atoms with Gasteiger partial charge in [-0.2, -0.15) is 0 Å². The van der Waals surface area contributed by atoms with E-state index in [1.165, 1.54) is 16.3 Å². The Balaban J connectivity index is 1.43. The molecule has 226 valence electrons. The average molecular weight is 614 g/mol. The van der Waals surface area contributed by atoms with Crippen molar-refractivity contribution in [3.05, 3.63) is 188 Å². The van der Waals surface area contributed by atoms with Crippen LogP contribution >= 0.6 is 0 Å². The first-order valence-electron chi connectivity index (χ1n) is 16.4. The summed E-state index contributed by atoms with van der Waals surface area (Å²) in [5.41, 5.74) is 11.9. The highest BCUT2D eigenvalue weighted by molar-refractivity contribution is 6.10. The van der Waals surface area contributed by atoms with Crippen molar-refractivity contribution < 1.29 is 4.42 Å². The van der Waals surface area contributed by atoms with E-state index in [9.17, 15) is 0 Å². The molecule has 0 amide bonds. The fraction of sp³-hybridized carbons (Fsp3) is 0. The highest BCUT2D eigenvalue weighted by Gasteiger charge is 2.26. The monoisotopic (exact) mass is 613 g/mol. The molecule has 0 aliphatic carbocycles. The van der Waals surface area contributed by atoms with Crippen LogP contribution in [0.25, 0.3) is 66.1 Å². The fourth-order valence-electron chi connectivity index (χ4n) is 7.08. The Labute approximate surface area is 279 Å². The molecule has 0 aliphatic rings. The third kappa shape index (κ3) is 4.74. The van der Waals surface area contributed by atoms with Crippen molar-refractivity contribution in [1.29, 1.82) is 0 Å². The van der Waals surface area contributed by atoms with E-state index in [2.05, 4.69) is 181 Å². The van der Waals surface area contributed by atoms with Gasteiger partial charge < -0.3 is 9.32 Å². The van der Waals surface area contributed by atoms with Crippen LogP contribution in [0.4, 0.5) is 17.1 Å². The van der Waals surface area contributed by atoms with Crippen LogP contribution in [-0.4, -0.2) is 0 Å². The molecule has 0 radical (unpaired) electrons. The minimum Gasteiger partial charge on any atom is -0.456 e. The normalized spacial score (nSPS) is 11.3. The molecule has 1 heterocycles. The highest BCUT2D eigenvalue weighted by atomic mass is 16.3. The summed E-state index contributed by atoms with van der Waals surface area (Å²) in [6, 6.07) is 67.0. The van der Waals surface area contributed by atoms with Crippen molar-refractivity contribution in [3.63, 3.8) is 0 Å². The number of rotatable bonds is 6. The molecule has 8 aromatic carbocycles. The van der Waals surface area contributed by atoms with Crippen molar-refractivity contribution in [2.45, 2.75) is 0 Å². The second-order valence-corrected chi connectivity index (χ2v) is 12.1. The van der Waals surface area contributed by atoms with Gasteiger partial charge in [-0.1, -0.05) is 158 Å². The van der Waals surface area contributed by atoms with Crippen LogP contribution in [0.1, 0.15) is 0 Å². The second kappa shape index (κ2) is 11.8. The van der Waals surface area contributed by atoms with Gasteiger partial charge in [0.05, 0.1) is 11.4 Å². The van der Waals surface area contributed by atoms with E-state index in [0.717, 1.165) is 66.8 Å². The van der Waals surface area contributed by atoms with Crippen LogP contribution in [0.5, 0.6) is 0 Å². The number of para-hydroxylation sites is 2. The van der Waals surface area contributed by atoms with Crippen LogP contribution in [0.15, 0.2) is 192 Å². The molecule has 2 heteroatoms. The maximum atomic E-state index is 6.50. The molecule has 0 saturated carbocycles.